The standard InChI is InChI=1S/C14H20BrClO/c1-12(2,3)10-7-9(16)8-14(15,11(10)17)13(4,5)6/h7-8H,1-6H3. The molecule has 0 spiro atoms. The van der Waals surface area contributed by atoms with Crippen LogP contribution >= 0.6 is 27.5 Å². The van der Waals surface area contributed by atoms with Crippen LogP contribution in [0, 0.1) is 10.8 Å². The van der Waals surface area contributed by atoms with E-state index in [4.69, 9.17) is 11.6 Å². The highest BCUT2D eigenvalue weighted by Gasteiger charge is 2.49. The van der Waals surface area contributed by atoms with Gasteiger partial charge in [-0.25, -0.2) is 0 Å². The van der Waals surface area contributed by atoms with Gasteiger partial charge in [-0.2, -0.15) is 0 Å². The maximum atomic E-state index is 12.7. The molecule has 0 N–H and O–H groups in total. The molecule has 0 aliphatic heterocycles. The van der Waals surface area contributed by atoms with Gasteiger partial charge in [-0.3, -0.25) is 4.79 Å². The monoisotopic (exact) mass is 318 g/mol. The topological polar surface area (TPSA) is 17.1 Å². The highest BCUT2D eigenvalue weighted by molar-refractivity contribution is 9.10. The van der Waals surface area contributed by atoms with Crippen LogP contribution in [0.1, 0.15) is 41.5 Å². The van der Waals surface area contributed by atoms with E-state index in [9.17, 15) is 4.79 Å². The van der Waals surface area contributed by atoms with Crippen LogP contribution in [0.2, 0.25) is 0 Å². The predicted molar refractivity (Wildman–Crippen MR) is 77.6 cm³/mol. The number of Topliss-reactive ketones (excluding diaryl/α,β-unsaturated/α-hetero) is 1. The van der Waals surface area contributed by atoms with Crippen LogP contribution in [0.25, 0.3) is 0 Å². The van der Waals surface area contributed by atoms with Gasteiger partial charge in [0.05, 0.1) is 0 Å². The van der Waals surface area contributed by atoms with Crippen LogP contribution in [0.3, 0.4) is 0 Å². The summed E-state index contributed by atoms with van der Waals surface area (Å²) >= 11 is 9.78. The first-order chi connectivity index (χ1) is 7.39. The summed E-state index contributed by atoms with van der Waals surface area (Å²) in [6, 6.07) is 0. The van der Waals surface area contributed by atoms with Crippen molar-refractivity contribution in [2.45, 2.75) is 45.9 Å². The molecule has 1 nitrogen and oxygen atoms in total. The molecule has 1 aliphatic carbocycles. The fourth-order valence-electron chi connectivity index (χ4n) is 1.81. The van der Waals surface area contributed by atoms with Gasteiger partial charge in [-0.1, -0.05) is 69.1 Å². The molecule has 0 aromatic rings. The van der Waals surface area contributed by atoms with E-state index in [1.54, 1.807) is 6.08 Å². The van der Waals surface area contributed by atoms with Gasteiger partial charge in [0, 0.05) is 10.6 Å². The van der Waals surface area contributed by atoms with Crippen LogP contribution in [0.4, 0.5) is 0 Å². The lowest BCUT2D eigenvalue weighted by atomic mass is 9.69. The first-order valence-electron chi connectivity index (χ1n) is 5.74. The number of rotatable bonds is 0. The zero-order chi connectivity index (χ0) is 13.6. The fraction of sp³-hybridized carbons (Fsp3) is 0.643. The van der Waals surface area contributed by atoms with Crippen LogP contribution in [0.15, 0.2) is 22.8 Å². The first kappa shape index (κ1) is 15.0. The highest BCUT2D eigenvalue weighted by atomic mass is 79.9. The molecule has 3 heteroatoms. The lowest BCUT2D eigenvalue weighted by molar-refractivity contribution is -0.119. The summed E-state index contributed by atoms with van der Waals surface area (Å²) < 4.78 is -0.714. The Bertz CT molecular complexity index is 407. The molecule has 0 aromatic carbocycles. The average Bonchev–Trinajstić information content (AvgIpc) is 2.07. The second-order valence-electron chi connectivity index (χ2n) is 6.63. The Kier molecular flexibility index (Phi) is 3.73. The number of hydrogen-bond donors (Lipinski definition) is 0. The summed E-state index contributed by atoms with van der Waals surface area (Å²) in [5.74, 6) is 0.113. The largest absolute Gasteiger partial charge is 0.293 e. The number of hydrogen-bond acceptors (Lipinski definition) is 1. The van der Waals surface area contributed by atoms with Gasteiger partial charge < -0.3 is 0 Å². The Balaban J connectivity index is 3.38. The number of ketones is 1. The van der Waals surface area contributed by atoms with E-state index in [-0.39, 0.29) is 16.6 Å². The van der Waals surface area contributed by atoms with Crippen molar-refractivity contribution in [3.05, 3.63) is 22.8 Å². The quantitative estimate of drug-likeness (QED) is 0.584. The maximum Gasteiger partial charge on any atom is 0.180 e. The molecule has 1 aliphatic rings. The number of carbonyl (C=O) groups excluding carboxylic acids is 1. The van der Waals surface area contributed by atoms with Crippen LogP contribution in [0.5, 0.6) is 0 Å². The molecular weight excluding hydrogens is 300 g/mol. The zero-order valence-corrected chi connectivity index (χ0v) is 13.7. The molecule has 0 heterocycles. The van der Waals surface area contributed by atoms with E-state index in [1.807, 2.05) is 47.6 Å². The number of alkyl halides is 1. The molecular formula is C14H20BrClO. The van der Waals surface area contributed by atoms with Crippen molar-refractivity contribution < 1.29 is 4.79 Å². The summed E-state index contributed by atoms with van der Waals surface area (Å²) in [6.07, 6.45) is 3.60. The van der Waals surface area contributed by atoms with E-state index in [0.717, 1.165) is 5.57 Å². The van der Waals surface area contributed by atoms with E-state index < -0.39 is 4.32 Å². The van der Waals surface area contributed by atoms with Crippen molar-refractivity contribution >= 4 is 33.3 Å². The molecule has 0 bridgehead atoms. The van der Waals surface area contributed by atoms with Crippen molar-refractivity contribution in [2.75, 3.05) is 0 Å². The molecule has 0 amide bonds. The zero-order valence-electron chi connectivity index (χ0n) is 11.3. The minimum absolute atomic E-state index is 0.113. The molecule has 0 saturated carbocycles. The van der Waals surface area contributed by atoms with E-state index in [2.05, 4.69) is 15.9 Å². The number of halogens is 2. The van der Waals surface area contributed by atoms with E-state index in [0.29, 0.717) is 5.03 Å². The van der Waals surface area contributed by atoms with E-state index in [1.165, 1.54) is 0 Å². The fourth-order valence-corrected chi connectivity index (χ4v) is 2.68. The van der Waals surface area contributed by atoms with Crippen LogP contribution in [-0.2, 0) is 4.79 Å². The summed E-state index contributed by atoms with van der Waals surface area (Å²) in [7, 11) is 0. The molecule has 0 aromatic heterocycles. The van der Waals surface area contributed by atoms with Gasteiger partial charge >= 0.3 is 0 Å². The van der Waals surface area contributed by atoms with Gasteiger partial charge in [0.15, 0.2) is 5.78 Å². The Labute approximate surface area is 117 Å². The third-order valence-corrected chi connectivity index (χ3v) is 5.09. The van der Waals surface area contributed by atoms with Crippen LogP contribution in [-0.4, -0.2) is 10.1 Å². The Morgan fingerprint density at radius 1 is 1.18 bits per heavy atom. The number of allylic oxidation sites excluding steroid dienone is 4. The molecule has 17 heavy (non-hydrogen) atoms. The van der Waals surface area contributed by atoms with Crippen molar-refractivity contribution in [1.82, 2.24) is 0 Å². The second kappa shape index (κ2) is 4.24. The summed E-state index contributed by atoms with van der Waals surface area (Å²) in [6.45, 7) is 12.2. The first-order valence-corrected chi connectivity index (χ1v) is 6.91. The van der Waals surface area contributed by atoms with Crippen molar-refractivity contribution in [2.24, 2.45) is 10.8 Å². The van der Waals surface area contributed by atoms with Crippen molar-refractivity contribution in [3.8, 4) is 0 Å². The van der Waals surface area contributed by atoms with Gasteiger partial charge in [0.1, 0.15) is 4.32 Å². The lowest BCUT2D eigenvalue weighted by Gasteiger charge is -2.41. The smallest absolute Gasteiger partial charge is 0.180 e. The van der Waals surface area contributed by atoms with Gasteiger partial charge in [-0.15, -0.1) is 0 Å². The molecule has 0 fully saturated rings. The van der Waals surface area contributed by atoms with Crippen molar-refractivity contribution in [1.29, 1.82) is 0 Å². The van der Waals surface area contributed by atoms with Gasteiger partial charge in [-0.05, 0) is 23.0 Å². The van der Waals surface area contributed by atoms with Crippen molar-refractivity contribution in [3.63, 3.8) is 0 Å². The normalized spacial score (nSPS) is 26.7. The third kappa shape index (κ3) is 2.68. The minimum atomic E-state index is -0.714. The molecule has 1 atom stereocenters. The molecule has 96 valence electrons. The van der Waals surface area contributed by atoms with Gasteiger partial charge in [0.2, 0.25) is 0 Å². The minimum Gasteiger partial charge on any atom is -0.293 e. The Morgan fingerprint density at radius 2 is 1.65 bits per heavy atom. The average molecular weight is 320 g/mol. The lowest BCUT2D eigenvalue weighted by Crippen LogP contribution is -2.46. The Morgan fingerprint density at radius 3 is 2.00 bits per heavy atom. The highest BCUT2D eigenvalue weighted by Crippen LogP contribution is 2.48. The summed E-state index contributed by atoms with van der Waals surface area (Å²) in [4.78, 5) is 12.7. The van der Waals surface area contributed by atoms with Gasteiger partial charge in [0.25, 0.3) is 0 Å². The second-order valence-corrected chi connectivity index (χ2v) is 8.32. The molecule has 0 radical (unpaired) electrons. The van der Waals surface area contributed by atoms with E-state index >= 15 is 0 Å². The third-order valence-electron chi connectivity index (χ3n) is 3.09. The predicted octanol–water partition coefficient (Wildman–Crippen LogP) is 4.84. The SMILES string of the molecule is CC(C)(C)C1=CC(Cl)=CC(Br)(C(C)(C)C)C1=O. The summed E-state index contributed by atoms with van der Waals surface area (Å²) in [5.41, 5.74) is 0.349. The Hall–Kier alpha value is -0.0800. The summed E-state index contributed by atoms with van der Waals surface area (Å²) in [5, 5.41) is 0.626. The van der Waals surface area contributed by atoms with Crippen LogP contribution < -0.4 is 0 Å². The molecule has 1 unspecified atom stereocenters. The molecule has 0 saturated heterocycles. The molecule has 1 rings (SSSR count). The number of carbonyl (C=O) groups is 1. The maximum absolute atomic E-state index is 12.7.